The van der Waals surface area contributed by atoms with Gasteiger partial charge in [0.1, 0.15) is 5.82 Å². The maximum atomic E-state index is 14.2. The molecule has 0 spiro atoms. The van der Waals surface area contributed by atoms with Gasteiger partial charge in [0.2, 0.25) is 0 Å². The summed E-state index contributed by atoms with van der Waals surface area (Å²) >= 11 is 6.34. The summed E-state index contributed by atoms with van der Waals surface area (Å²) in [5.74, 6) is -2.14. The Morgan fingerprint density at radius 3 is 2.28 bits per heavy atom. The van der Waals surface area contributed by atoms with Crippen LogP contribution in [0.2, 0.25) is 5.02 Å². The minimum absolute atomic E-state index is 0.187. The summed E-state index contributed by atoms with van der Waals surface area (Å²) in [6.45, 7) is 10.0. The number of nitrogens with one attached hydrogen (secondary N) is 1. The van der Waals surface area contributed by atoms with Crippen molar-refractivity contribution in [3.8, 4) is 0 Å². The van der Waals surface area contributed by atoms with Crippen LogP contribution in [0.1, 0.15) is 37.8 Å². The van der Waals surface area contributed by atoms with Crippen LogP contribution < -0.4 is 5.32 Å². The van der Waals surface area contributed by atoms with E-state index in [1.165, 1.54) is 6.07 Å². The van der Waals surface area contributed by atoms with E-state index in [1.54, 1.807) is 6.07 Å². The first-order valence-electron chi connectivity index (χ1n) is 9.64. The summed E-state index contributed by atoms with van der Waals surface area (Å²) in [6.07, 6.45) is 3.36. The molecule has 3 N–H and O–H groups in total. The predicted molar refractivity (Wildman–Crippen MR) is 112 cm³/mol. The predicted octanol–water partition coefficient (Wildman–Crippen LogP) is 3.71. The molecule has 6 nitrogen and oxygen atoms in total. The molecule has 1 aromatic carbocycles. The van der Waals surface area contributed by atoms with Gasteiger partial charge in [-0.3, -0.25) is 4.90 Å². The summed E-state index contributed by atoms with van der Waals surface area (Å²) in [6, 6.07) is 3.80. The molecule has 29 heavy (non-hydrogen) atoms. The number of benzene rings is 1. The number of piperidine rings is 1. The number of carbonyl (C=O) groups is 2. The number of rotatable bonds is 7. The smallest absolute Gasteiger partial charge is 0.328 e. The lowest BCUT2D eigenvalue weighted by molar-refractivity contribution is -0.134. The molecular formula is C21H30ClFN2O4. The topological polar surface area (TPSA) is 89.9 Å². The van der Waals surface area contributed by atoms with E-state index in [0.717, 1.165) is 38.0 Å². The van der Waals surface area contributed by atoms with E-state index >= 15 is 0 Å². The average Bonchev–Trinajstić information content (AvgIpc) is 2.66. The van der Waals surface area contributed by atoms with Crippen molar-refractivity contribution in [1.82, 2.24) is 10.2 Å². The Morgan fingerprint density at radius 1 is 1.24 bits per heavy atom. The molecule has 1 heterocycles. The fraction of sp³-hybridized carbons (Fsp3) is 0.524. The molecule has 0 radical (unpaired) electrons. The van der Waals surface area contributed by atoms with Crippen LogP contribution >= 0.6 is 11.6 Å². The second-order valence-electron chi connectivity index (χ2n) is 7.47. The van der Waals surface area contributed by atoms with Crippen LogP contribution in [0, 0.1) is 18.7 Å². The Balaban J connectivity index is 0.000000447. The molecule has 0 saturated carbocycles. The largest absolute Gasteiger partial charge is 0.478 e. The Hall–Kier alpha value is -1.96. The maximum Gasteiger partial charge on any atom is 0.328 e. The lowest BCUT2D eigenvalue weighted by Gasteiger charge is -2.36. The van der Waals surface area contributed by atoms with Crippen molar-refractivity contribution in [2.24, 2.45) is 5.92 Å². The highest BCUT2D eigenvalue weighted by atomic mass is 35.5. The van der Waals surface area contributed by atoms with E-state index in [4.69, 9.17) is 21.8 Å². The Kier molecular flexibility index (Phi) is 10.9. The minimum Gasteiger partial charge on any atom is -0.478 e. The highest BCUT2D eigenvalue weighted by Gasteiger charge is 2.24. The highest BCUT2D eigenvalue weighted by Crippen LogP contribution is 2.27. The first-order valence-corrected chi connectivity index (χ1v) is 10.0. The number of hydrogen-bond acceptors (Lipinski definition) is 4. The molecular weight excluding hydrogens is 399 g/mol. The summed E-state index contributed by atoms with van der Waals surface area (Å²) < 4.78 is 14.2. The van der Waals surface area contributed by atoms with Gasteiger partial charge in [-0.15, -0.1) is 0 Å². The third-order valence-electron chi connectivity index (χ3n) is 4.53. The van der Waals surface area contributed by atoms with E-state index in [0.29, 0.717) is 41.2 Å². The zero-order valence-corrected chi connectivity index (χ0v) is 17.9. The van der Waals surface area contributed by atoms with Crippen molar-refractivity contribution in [3.05, 3.63) is 46.3 Å². The highest BCUT2D eigenvalue weighted by molar-refractivity contribution is 6.32. The van der Waals surface area contributed by atoms with Crippen molar-refractivity contribution >= 4 is 23.5 Å². The summed E-state index contributed by atoms with van der Waals surface area (Å²) in [7, 11) is 0. The van der Waals surface area contributed by atoms with Crippen LogP contribution in [-0.2, 0) is 16.1 Å². The summed E-state index contributed by atoms with van der Waals surface area (Å²) in [4.78, 5) is 21.5. The third kappa shape index (κ3) is 9.39. The fourth-order valence-corrected chi connectivity index (χ4v) is 3.40. The number of carboxylic acid groups (broad SMARTS) is 2. The first-order chi connectivity index (χ1) is 13.6. The van der Waals surface area contributed by atoms with Crippen molar-refractivity contribution < 1.29 is 24.2 Å². The third-order valence-corrected chi connectivity index (χ3v) is 5.06. The number of hydrogen-bond donors (Lipinski definition) is 3. The van der Waals surface area contributed by atoms with Gasteiger partial charge in [-0.05, 0) is 50.4 Å². The lowest BCUT2D eigenvalue weighted by atomic mass is 10.0. The summed E-state index contributed by atoms with van der Waals surface area (Å²) in [5.41, 5.74) is 1.60. The molecule has 1 saturated heterocycles. The van der Waals surface area contributed by atoms with Crippen LogP contribution in [0.25, 0.3) is 0 Å². The Morgan fingerprint density at radius 2 is 1.79 bits per heavy atom. The SMILES string of the molecule is Cc1ccc(F)c(CN(CC(C)C)C2CCNCC2)c1Cl.O=C(O)/C=C/C(=O)O. The fourth-order valence-electron chi connectivity index (χ4n) is 3.19. The second kappa shape index (κ2) is 12.6. The van der Waals surface area contributed by atoms with E-state index in [9.17, 15) is 14.0 Å². The van der Waals surface area contributed by atoms with Crippen molar-refractivity contribution in [2.45, 2.75) is 46.2 Å². The van der Waals surface area contributed by atoms with Gasteiger partial charge in [-0.2, -0.15) is 0 Å². The minimum atomic E-state index is -1.26. The van der Waals surface area contributed by atoms with Crippen molar-refractivity contribution in [1.29, 1.82) is 0 Å². The van der Waals surface area contributed by atoms with Crippen molar-refractivity contribution in [3.63, 3.8) is 0 Å². The van der Waals surface area contributed by atoms with Gasteiger partial charge in [0.15, 0.2) is 0 Å². The quantitative estimate of drug-likeness (QED) is 0.573. The van der Waals surface area contributed by atoms with Crippen LogP contribution in [0.3, 0.4) is 0 Å². The average molecular weight is 429 g/mol. The van der Waals surface area contributed by atoms with Gasteiger partial charge < -0.3 is 15.5 Å². The van der Waals surface area contributed by atoms with Crippen LogP contribution in [0.15, 0.2) is 24.3 Å². The normalized spacial score (nSPS) is 14.9. The molecule has 162 valence electrons. The molecule has 0 atom stereocenters. The van der Waals surface area contributed by atoms with Crippen LogP contribution in [0.5, 0.6) is 0 Å². The van der Waals surface area contributed by atoms with Gasteiger partial charge in [0.25, 0.3) is 0 Å². The molecule has 0 aromatic heterocycles. The molecule has 1 fully saturated rings. The van der Waals surface area contributed by atoms with Gasteiger partial charge >= 0.3 is 11.9 Å². The number of nitrogens with zero attached hydrogens (tertiary/aromatic N) is 1. The molecule has 0 aliphatic carbocycles. The van der Waals surface area contributed by atoms with Crippen LogP contribution in [0.4, 0.5) is 4.39 Å². The summed E-state index contributed by atoms with van der Waals surface area (Å²) in [5, 5.41) is 19.6. The van der Waals surface area contributed by atoms with Gasteiger partial charge in [0.05, 0.1) is 5.02 Å². The molecule has 0 unspecified atom stereocenters. The number of halogens is 2. The Labute approximate surface area is 176 Å². The molecule has 8 heteroatoms. The van der Waals surface area contributed by atoms with Gasteiger partial charge in [-0.25, -0.2) is 14.0 Å². The lowest BCUT2D eigenvalue weighted by Crippen LogP contribution is -2.44. The second-order valence-corrected chi connectivity index (χ2v) is 7.85. The monoisotopic (exact) mass is 428 g/mol. The van der Waals surface area contributed by atoms with Crippen LogP contribution in [-0.4, -0.2) is 52.7 Å². The Bertz CT molecular complexity index is 703. The van der Waals surface area contributed by atoms with E-state index in [1.807, 2.05) is 6.92 Å². The molecule has 1 aromatic rings. The maximum absolute atomic E-state index is 14.2. The first kappa shape index (κ1) is 25.1. The van der Waals surface area contributed by atoms with Gasteiger partial charge in [-0.1, -0.05) is 31.5 Å². The standard InChI is InChI=1S/C17H26ClFN2.C4H4O4/c1-12(2)10-21(14-6-8-20-9-7-14)11-15-16(19)5-4-13(3)17(15)18;5-3(6)1-2-4(7)8/h4-5,12,14,20H,6-11H2,1-3H3;1-2H,(H,5,6)(H,7,8)/b;2-1+. The van der Waals surface area contributed by atoms with E-state index < -0.39 is 11.9 Å². The van der Waals surface area contributed by atoms with Gasteiger partial charge in [0, 0.05) is 36.8 Å². The molecule has 0 bridgehead atoms. The molecule has 1 aliphatic heterocycles. The van der Waals surface area contributed by atoms with E-state index in [2.05, 4.69) is 24.1 Å². The number of aryl methyl sites for hydroxylation is 1. The van der Waals surface area contributed by atoms with E-state index in [-0.39, 0.29) is 5.82 Å². The number of carboxylic acids is 2. The molecule has 0 amide bonds. The zero-order chi connectivity index (χ0) is 22.0. The zero-order valence-electron chi connectivity index (χ0n) is 17.1. The molecule has 1 aliphatic rings. The van der Waals surface area contributed by atoms with Crippen molar-refractivity contribution in [2.75, 3.05) is 19.6 Å². The number of aliphatic carboxylic acids is 2. The molecule has 2 rings (SSSR count).